The number of piperidine rings is 1. The van der Waals surface area contributed by atoms with Gasteiger partial charge >= 0.3 is 0 Å². The molecule has 92 valence electrons. The first-order chi connectivity index (χ1) is 8.16. The maximum atomic E-state index is 14.0. The van der Waals surface area contributed by atoms with Crippen molar-refractivity contribution in [2.24, 2.45) is 17.6 Å². The summed E-state index contributed by atoms with van der Waals surface area (Å²) in [6.07, 6.45) is 3.76. The highest BCUT2D eigenvalue weighted by Crippen LogP contribution is 2.37. The Morgan fingerprint density at radius 1 is 1.29 bits per heavy atom. The van der Waals surface area contributed by atoms with Crippen molar-refractivity contribution in [1.29, 1.82) is 0 Å². The van der Waals surface area contributed by atoms with Gasteiger partial charge in [-0.05, 0) is 31.6 Å². The number of hydrogen-bond acceptors (Lipinski definition) is 4. The van der Waals surface area contributed by atoms with Crippen molar-refractivity contribution >= 4 is 5.82 Å². The molecule has 1 aromatic heterocycles. The Labute approximate surface area is 100 Å². The van der Waals surface area contributed by atoms with Gasteiger partial charge in [-0.3, -0.25) is 0 Å². The van der Waals surface area contributed by atoms with Crippen LogP contribution in [0.25, 0.3) is 0 Å². The average Bonchev–Trinajstić information content (AvgIpc) is 2.54. The predicted octanol–water partition coefficient (Wildman–Crippen LogP) is 1.10. The highest BCUT2D eigenvalue weighted by atomic mass is 19.1. The van der Waals surface area contributed by atoms with E-state index >= 15 is 0 Å². The SMILES string of the molecule is Cc1ncnc(N2CC3CC[C@@H](C2)[C@@H]3N)c1F. The van der Waals surface area contributed by atoms with Crippen LogP contribution in [0, 0.1) is 24.6 Å². The number of nitrogens with two attached hydrogens (primary N) is 1. The van der Waals surface area contributed by atoms with E-state index in [-0.39, 0.29) is 11.9 Å². The fourth-order valence-electron chi connectivity index (χ4n) is 3.10. The summed E-state index contributed by atoms with van der Waals surface area (Å²) in [7, 11) is 0. The van der Waals surface area contributed by atoms with Gasteiger partial charge in [0.1, 0.15) is 6.33 Å². The summed E-state index contributed by atoms with van der Waals surface area (Å²) in [5.74, 6) is 1.13. The highest BCUT2D eigenvalue weighted by Gasteiger charge is 2.40. The lowest BCUT2D eigenvalue weighted by atomic mass is 9.93. The second-order valence-electron chi connectivity index (χ2n) is 5.18. The molecule has 4 nitrogen and oxygen atoms in total. The molecule has 5 heteroatoms. The molecule has 2 aliphatic rings. The van der Waals surface area contributed by atoms with Crippen molar-refractivity contribution < 1.29 is 4.39 Å². The van der Waals surface area contributed by atoms with Gasteiger partial charge in [-0.2, -0.15) is 0 Å². The standard InChI is InChI=1S/C12H17FN4/c1-7-10(13)12(16-6-15-7)17-4-8-2-3-9(5-17)11(8)14/h6,8-9,11H,2-5,14H2,1H3/t8-,9?,11-/m0/s1. The molecule has 1 saturated heterocycles. The van der Waals surface area contributed by atoms with Crippen LogP contribution in [0.4, 0.5) is 10.2 Å². The van der Waals surface area contributed by atoms with E-state index < -0.39 is 0 Å². The minimum absolute atomic E-state index is 0.289. The summed E-state index contributed by atoms with van der Waals surface area (Å²) in [6.45, 7) is 3.32. The Morgan fingerprint density at radius 3 is 2.59 bits per heavy atom. The van der Waals surface area contributed by atoms with Crippen LogP contribution in [0.1, 0.15) is 18.5 Å². The summed E-state index contributed by atoms with van der Waals surface area (Å²) >= 11 is 0. The number of fused-ring (bicyclic) bond motifs is 2. The molecule has 0 aromatic carbocycles. The normalized spacial score (nSPS) is 31.9. The van der Waals surface area contributed by atoms with Crippen LogP contribution in [-0.4, -0.2) is 29.1 Å². The van der Waals surface area contributed by atoms with Crippen LogP contribution in [0.15, 0.2) is 6.33 Å². The molecule has 3 rings (SSSR count). The van der Waals surface area contributed by atoms with Crippen molar-refractivity contribution in [3.63, 3.8) is 0 Å². The first-order valence-electron chi connectivity index (χ1n) is 6.14. The van der Waals surface area contributed by atoms with Crippen LogP contribution in [-0.2, 0) is 0 Å². The number of rotatable bonds is 1. The smallest absolute Gasteiger partial charge is 0.186 e. The van der Waals surface area contributed by atoms with Crippen molar-refractivity contribution in [2.45, 2.75) is 25.8 Å². The van der Waals surface area contributed by atoms with Gasteiger partial charge in [-0.15, -0.1) is 0 Å². The van der Waals surface area contributed by atoms with Gasteiger partial charge in [0.25, 0.3) is 0 Å². The molecule has 2 N–H and O–H groups in total. The summed E-state index contributed by atoms with van der Waals surface area (Å²) < 4.78 is 14.0. The third-order valence-electron chi connectivity index (χ3n) is 4.15. The average molecular weight is 236 g/mol. The van der Waals surface area contributed by atoms with E-state index in [1.54, 1.807) is 6.92 Å². The van der Waals surface area contributed by atoms with Crippen LogP contribution in [0.3, 0.4) is 0 Å². The van der Waals surface area contributed by atoms with Crippen molar-refractivity contribution in [1.82, 2.24) is 9.97 Å². The van der Waals surface area contributed by atoms with E-state index in [9.17, 15) is 4.39 Å². The lowest BCUT2D eigenvalue weighted by molar-refractivity contribution is 0.352. The highest BCUT2D eigenvalue weighted by molar-refractivity contribution is 5.42. The molecular formula is C12H17FN4. The molecule has 2 fully saturated rings. The first kappa shape index (κ1) is 10.9. The minimum Gasteiger partial charge on any atom is -0.353 e. The Hall–Kier alpha value is -1.23. The second-order valence-corrected chi connectivity index (χ2v) is 5.18. The zero-order valence-electron chi connectivity index (χ0n) is 9.93. The van der Waals surface area contributed by atoms with Gasteiger partial charge in [0.2, 0.25) is 0 Å². The lowest BCUT2D eigenvalue weighted by Crippen LogP contribution is -2.49. The molecule has 1 unspecified atom stereocenters. The van der Waals surface area contributed by atoms with Gasteiger partial charge < -0.3 is 10.6 Å². The maximum Gasteiger partial charge on any atom is 0.186 e. The molecular weight excluding hydrogens is 219 g/mol. The fourth-order valence-corrected chi connectivity index (χ4v) is 3.10. The second kappa shape index (κ2) is 3.91. The molecule has 2 bridgehead atoms. The molecule has 0 amide bonds. The van der Waals surface area contributed by atoms with Crippen molar-refractivity contribution in [2.75, 3.05) is 18.0 Å². The Morgan fingerprint density at radius 2 is 1.94 bits per heavy atom. The molecule has 1 aromatic rings. The Balaban J connectivity index is 1.89. The van der Waals surface area contributed by atoms with E-state index in [0.29, 0.717) is 23.3 Å². The van der Waals surface area contributed by atoms with Crippen molar-refractivity contribution in [3.05, 3.63) is 17.8 Å². The van der Waals surface area contributed by atoms with Gasteiger partial charge in [0, 0.05) is 19.1 Å². The number of aromatic nitrogens is 2. The first-order valence-corrected chi connectivity index (χ1v) is 6.14. The van der Waals surface area contributed by atoms with E-state index in [0.717, 1.165) is 25.9 Å². The fraction of sp³-hybridized carbons (Fsp3) is 0.667. The number of aryl methyl sites for hydroxylation is 1. The van der Waals surface area contributed by atoms with Gasteiger partial charge in [-0.25, -0.2) is 14.4 Å². The van der Waals surface area contributed by atoms with Crippen LogP contribution in [0.2, 0.25) is 0 Å². The van der Waals surface area contributed by atoms with Crippen LogP contribution in [0.5, 0.6) is 0 Å². The van der Waals surface area contributed by atoms with Crippen molar-refractivity contribution in [3.8, 4) is 0 Å². The molecule has 3 atom stereocenters. The topological polar surface area (TPSA) is 55.0 Å². The minimum atomic E-state index is -0.289. The van der Waals surface area contributed by atoms with E-state index in [1.807, 2.05) is 4.90 Å². The summed E-state index contributed by atoms with van der Waals surface area (Å²) in [6, 6.07) is 0.289. The maximum absolute atomic E-state index is 14.0. The van der Waals surface area contributed by atoms with E-state index in [4.69, 9.17) is 5.73 Å². The zero-order chi connectivity index (χ0) is 12.0. The zero-order valence-corrected chi connectivity index (χ0v) is 9.93. The molecule has 1 aliphatic carbocycles. The van der Waals surface area contributed by atoms with E-state index in [2.05, 4.69) is 9.97 Å². The summed E-state index contributed by atoms with van der Waals surface area (Å²) in [5.41, 5.74) is 6.55. The number of halogens is 1. The van der Waals surface area contributed by atoms with Gasteiger partial charge in [0.15, 0.2) is 11.6 Å². The molecule has 1 saturated carbocycles. The number of anilines is 1. The van der Waals surface area contributed by atoms with E-state index in [1.165, 1.54) is 6.33 Å². The monoisotopic (exact) mass is 236 g/mol. The summed E-state index contributed by atoms with van der Waals surface area (Å²) in [4.78, 5) is 9.99. The quantitative estimate of drug-likeness (QED) is 0.793. The molecule has 17 heavy (non-hydrogen) atoms. The molecule has 2 heterocycles. The largest absolute Gasteiger partial charge is 0.353 e. The number of hydrogen-bond donors (Lipinski definition) is 1. The Bertz CT molecular complexity index is 423. The van der Waals surface area contributed by atoms with Crippen LogP contribution < -0.4 is 10.6 Å². The van der Waals surface area contributed by atoms with Gasteiger partial charge in [-0.1, -0.05) is 0 Å². The number of nitrogens with zero attached hydrogens (tertiary/aromatic N) is 3. The third-order valence-corrected chi connectivity index (χ3v) is 4.15. The molecule has 0 radical (unpaired) electrons. The molecule has 0 spiro atoms. The van der Waals surface area contributed by atoms with Gasteiger partial charge in [0.05, 0.1) is 5.69 Å². The van der Waals surface area contributed by atoms with Crippen LogP contribution >= 0.6 is 0 Å². The molecule has 1 aliphatic heterocycles. The Kier molecular flexibility index (Phi) is 2.50. The summed E-state index contributed by atoms with van der Waals surface area (Å²) in [5, 5.41) is 0. The third kappa shape index (κ3) is 1.69. The predicted molar refractivity (Wildman–Crippen MR) is 63.1 cm³/mol. The lowest BCUT2D eigenvalue weighted by Gasteiger charge is -2.36.